The number of ether oxygens (including phenoxy) is 1. The van der Waals surface area contributed by atoms with Gasteiger partial charge in [0.2, 0.25) is 5.91 Å². The van der Waals surface area contributed by atoms with Crippen molar-refractivity contribution >= 4 is 17.8 Å². The topological polar surface area (TPSA) is 93.5 Å². The Labute approximate surface area is 198 Å². The first-order chi connectivity index (χ1) is 16.4. The first-order valence-corrected chi connectivity index (χ1v) is 11.3. The number of esters is 1. The van der Waals surface area contributed by atoms with Crippen molar-refractivity contribution in [3.8, 4) is 0 Å². The highest BCUT2D eigenvalue weighted by Gasteiger charge is 2.48. The maximum Gasteiger partial charge on any atom is 0.359 e. The van der Waals surface area contributed by atoms with E-state index in [4.69, 9.17) is 4.74 Å². The van der Waals surface area contributed by atoms with E-state index in [1.807, 2.05) is 60.7 Å². The fourth-order valence-corrected chi connectivity index (χ4v) is 4.34. The van der Waals surface area contributed by atoms with Gasteiger partial charge in [-0.2, -0.15) is 0 Å². The maximum absolute atomic E-state index is 13.6. The quantitative estimate of drug-likeness (QED) is 0.522. The molecule has 1 aromatic heterocycles. The van der Waals surface area contributed by atoms with Gasteiger partial charge in [-0.25, -0.2) is 9.78 Å². The number of nitrogens with one attached hydrogen (secondary N) is 1. The highest BCUT2D eigenvalue weighted by Crippen LogP contribution is 2.29. The minimum atomic E-state index is -1.15. The van der Waals surface area contributed by atoms with E-state index < -0.39 is 17.4 Å². The largest absolute Gasteiger partial charge is 0.464 e. The van der Waals surface area contributed by atoms with E-state index in [1.54, 1.807) is 16.4 Å². The zero-order valence-corrected chi connectivity index (χ0v) is 19.4. The number of fused-ring (bicyclic) bond motifs is 1. The molecule has 2 heterocycles. The van der Waals surface area contributed by atoms with Gasteiger partial charge in [-0.3, -0.25) is 9.59 Å². The standard InChI is InChI=1S/C26H28N4O4/c1-26(25(33)27-16-20-12-7-4-8-13-20)17-29-18-28-21(24(32)34-2)22(29)23(31)30(26)15-9-14-19-10-5-3-6-11-19/h3-8,10-13,18H,9,14-17H2,1-2H3,(H,27,33)/t26-/m1/s1. The first kappa shape index (κ1) is 23.2. The zero-order valence-electron chi connectivity index (χ0n) is 19.4. The van der Waals surface area contributed by atoms with Crippen LogP contribution in [0.2, 0.25) is 0 Å². The van der Waals surface area contributed by atoms with Gasteiger partial charge in [0.25, 0.3) is 5.91 Å². The van der Waals surface area contributed by atoms with Crippen LogP contribution in [0.5, 0.6) is 0 Å². The summed E-state index contributed by atoms with van der Waals surface area (Å²) in [4.78, 5) is 45.0. The number of imidazole rings is 1. The van der Waals surface area contributed by atoms with Gasteiger partial charge in [-0.1, -0.05) is 60.7 Å². The molecule has 3 aromatic rings. The molecular formula is C26H28N4O4. The van der Waals surface area contributed by atoms with Crippen molar-refractivity contribution in [1.29, 1.82) is 0 Å². The first-order valence-electron chi connectivity index (χ1n) is 11.3. The molecular weight excluding hydrogens is 432 g/mol. The summed E-state index contributed by atoms with van der Waals surface area (Å²) in [5, 5.41) is 2.98. The summed E-state index contributed by atoms with van der Waals surface area (Å²) in [6.07, 6.45) is 2.85. The number of methoxy groups -OCH3 is 1. The van der Waals surface area contributed by atoms with Gasteiger partial charge in [-0.05, 0) is 30.9 Å². The lowest BCUT2D eigenvalue weighted by atomic mass is 9.93. The summed E-state index contributed by atoms with van der Waals surface area (Å²) in [7, 11) is 1.25. The minimum absolute atomic E-state index is 0.0349. The van der Waals surface area contributed by atoms with Crippen LogP contribution >= 0.6 is 0 Å². The predicted octanol–water partition coefficient (Wildman–Crippen LogP) is 2.83. The fourth-order valence-electron chi connectivity index (χ4n) is 4.34. The van der Waals surface area contributed by atoms with Gasteiger partial charge < -0.3 is 19.5 Å². The van der Waals surface area contributed by atoms with Gasteiger partial charge >= 0.3 is 5.97 Å². The summed E-state index contributed by atoms with van der Waals surface area (Å²) >= 11 is 0. The Kier molecular flexibility index (Phi) is 6.77. The van der Waals surface area contributed by atoms with Crippen LogP contribution in [0.1, 0.15) is 45.4 Å². The smallest absolute Gasteiger partial charge is 0.359 e. The van der Waals surface area contributed by atoms with E-state index in [0.29, 0.717) is 19.5 Å². The van der Waals surface area contributed by atoms with Crippen molar-refractivity contribution in [2.24, 2.45) is 0 Å². The Bertz CT molecular complexity index is 1180. The third-order valence-electron chi connectivity index (χ3n) is 6.21. The monoisotopic (exact) mass is 460 g/mol. The number of amides is 2. The van der Waals surface area contributed by atoms with Crippen LogP contribution in [0.3, 0.4) is 0 Å². The summed E-state index contributed by atoms with van der Waals surface area (Å²) < 4.78 is 6.38. The molecule has 0 aliphatic carbocycles. The van der Waals surface area contributed by atoms with Crippen LogP contribution in [0.15, 0.2) is 67.0 Å². The van der Waals surface area contributed by atoms with Crippen molar-refractivity contribution in [2.45, 2.75) is 38.4 Å². The molecule has 0 spiro atoms. The second-order valence-corrected chi connectivity index (χ2v) is 8.55. The number of hydrogen-bond acceptors (Lipinski definition) is 5. The molecule has 1 aliphatic heterocycles. The molecule has 8 heteroatoms. The van der Waals surface area contributed by atoms with Crippen molar-refractivity contribution in [2.75, 3.05) is 13.7 Å². The third-order valence-corrected chi connectivity index (χ3v) is 6.21. The third kappa shape index (κ3) is 4.57. The van der Waals surface area contributed by atoms with Gasteiger partial charge in [0.15, 0.2) is 5.69 Å². The molecule has 176 valence electrons. The molecule has 4 rings (SSSR count). The molecule has 0 saturated heterocycles. The number of carbonyl (C=O) groups is 3. The van der Waals surface area contributed by atoms with E-state index in [-0.39, 0.29) is 23.8 Å². The lowest BCUT2D eigenvalue weighted by molar-refractivity contribution is -0.133. The van der Waals surface area contributed by atoms with Gasteiger partial charge in [0.1, 0.15) is 11.2 Å². The molecule has 2 aromatic carbocycles. The van der Waals surface area contributed by atoms with Crippen LogP contribution in [0.25, 0.3) is 0 Å². The Morgan fingerprint density at radius 2 is 1.71 bits per heavy atom. The molecule has 2 amide bonds. The van der Waals surface area contributed by atoms with Gasteiger partial charge in [0.05, 0.1) is 20.0 Å². The molecule has 1 aliphatic rings. The molecule has 0 unspecified atom stereocenters. The number of carbonyl (C=O) groups excluding carboxylic acids is 3. The lowest BCUT2D eigenvalue weighted by Gasteiger charge is -2.43. The highest BCUT2D eigenvalue weighted by molar-refractivity contribution is 6.06. The summed E-state index contributed by atoms with van der Waals surface area (Å²) in [5.74, 6) is -1.35. The molecule has 1 atom stereocenters. The van der Waals surface area contributed by atoms with Crippen molar-refractivity contribution < 1.29 is 19.1 Å². The normalized spacial score (nSPS) is 17.2. The van der Waals surface area contributed by atoms with E-state index in [9.17, 15) is 14.4 Å². The Hall–Kier alpha value is -3.94. The van der Waals surface area contributed by atoms with Crippen molar-refractivity contribution in [1.82, 2.24) is 19.8 Å². The Morgan fingerprint density at radius 3 is 2.35 bits per heavy atom. The molecule has 0 fully saturated rings. The number of rotatable bonds is 8. The summed E-state index contributed by atoms with van der Waals surface area (Å²) in [6.45, 7) is 2.65. The molecule has 8 nitrogen and oxygen atoms in total. The van der Waals surface area contributed by atoms with Gasteiger partial charge in [-0.15, -0.1) is 0 Å². The van der Waals surface area contributed by atoms with E-state index in [2.05, 4.69) is 10.3 Å². The molecule has 0 saturated carbocycles. The number of nitrogens with zero attached hydrogens (tertiary/aromatic N) is 3. The Morgan fingerprint density at radius 1 is 1.06 bits per heavy atom. The van der Waals surface area contributed by atoms with Gasteiger partial charge in [0, 0.05) is 13.1 Å². The predicted molar refractivity (Wildman–Crippen MR) is 126 cm³/mol. The second kappa shape index (κ2) is 9.91. The Balaban J connectivity index is 1.60. The van der Waals surface area contributed by atoms with Crippen molar-refractivity contribution in [3.63, 3.8) is 0 Å². The van der Waals surface area contributed by atoms with Crippen LogP contribution in [-0.4, -0.2) is 51.4 Å². The van der Waals surface area contributed by atoms with E-state index in [1.165, 1.54) is 13.4 Å². The fraction of sp³-hybridized carbons (Fsp3) is 0.308. The average Bonchev–Trinajstić information content (AvgIpc) is 3.29. The zero-order chi connectivity index (χ0) is 24.1. The summed E-state index contributed by atoms with van der Waals surface area (Å²) in [6, 6.07) is 19.6. The molecule has 34 heavy (non-hydrogen) atoms. The molecule has 0 bridgehead atoms. The molecule has 1 N–H and O–H groups in total. The SMILES string of the molecule is COC(=O)c1ncn2c1C(=O)N(CCCc1ccccc1)[C@@](C)(C(=O)NCc1ccccc1)C2. The highest BCUT2D eigenvalue weighted by atomic mass is 16.5. The lowest BCUT2D eigenvalue weighted by Crippen LogP contribution is -2.64. The maximum atomic E-state index is 13.6. The number of aryl methyl sites for hydroxylation is 1. The summed E-state index contributed by atoms with van der Waals surface area (Å²) in [5.41, 5.74) is 1.09. The van der Waals surface area contributed by atoms with Crippen molar-refractivity contribution in [3.05, 3.63) is 89.5 Å². The van der Waals surface area contributed by atoms with Crippen LogP contribution in [-0.2, 0) is 29.0 Å². The van der Waals surface area contributed by atoms with Crippen LogP contribution < -0.4 is 5.32 Å². The number of hydrogen-bond donors (Lipinski definition) is 1. The van der Waals surface area contributed by atoms with Crippen LogP contribution in [0, 0.1) is 0 Å². The van der Waals surface area contributed by atoms with E-state index in [0.717, 1.165) is 17.5 Å². The number of benzene rings is 2. The molecule has 0 radical (unpaired) electrons. The van der Waals surface area contributed by atoms with E-state index >= 15 is 0 Å². The number of aromatic nitrogens is 2. The second-order valence-electron chi connectivity index (χ2n) is 8.55. The average molecular weight is 461 g/mol. The minimum Gasteiger partial charge on any atom is -0.464 e. The van der Waals surface area contributed by atoms with Crippen LogP contribution in [0.4, 0.5) is 0 Å².